The van der Waals surface area contributed by atoms with Crippen LogP contribution in [0.5, 0.6) is 5.88 Å². The van der Waals surface area contributed by atoms with E-state index in [1.807, 2.05) is 36.7 Å². The molecule has 0 unspecified atom stereocenters. The number of nitrogens with zero attached hydrogens (tertiary/aromatic N) is 5. The van der Waals surface area contributed by atoms with Crippen molar-refractivity contribution in [2.75, 3.05) is 7.11 Å². The number of aromatic nitrogens is 5. The van der Waals surface area contributed by atoms with Gasteiger partial charge in [-0.05, 0) is 30.5 Å². The van der Waals surface area contributed by atoms with Gasteiger partial charge in [0.2, 0.25) is 5.88 Å². The first-order valence-electron chi connectivity index (χ1n) is 7.82. The molecular formula is C17H17N5OS. The Morgan fingerprint density at radius 3 is 2.79 bits per heavy atom. The van der Waals surface area contributed by atoms with E-state index in [-0.39, 0.29) is 0 Å². The molecular weight excluding hydrogens is 322 g/mol. The van der Waals surface area contributed by atoms with Crippen LogP contribution in [0.3, 0.4) is 0 Å². The molecule has 6 nitrogen and oxygen atoms in total. The molecule has 3 aromatic heterocycles. The van der Waals surface area contributed by atoms with Gasteiger partial charge in [-0.1, -0.05) is 17.8 Å². The van der Waals surface area contributed by atoms with E-state index in [4.69, 9.17) is 4.74 Å². The zero-order valence-corrected chi connectivity index (χ0v) is 14.1. The SMILES string of the molecule is COc1ccc(CSc2nnc(-c3cccnc3)n2C2CC2)cn1. The Kier molecular flexibility index (Phi) is 4.17. The fourth-order valence-corrected chi connectivity index (χ4v) is 3.43. The van der Waals surface area contributed by atoms with Gasteiger partial charge in [-0.15, -0.1) is 10.2 Å². The number of methoxy groups -OCH3 is 1. The van der Waals surface area contributed by atoms with Gasteiger partial charge in [0, 0.05) is 42.0 Å². The van der Waals surface area contributed by atoms with Crippen LogP contribution < -0.4 is 4.74 Å². The summed E-state index contributed by atoms with van der Waals surface area (Å²) < 4.78 is 7.34. The maximum atomic E-state index is 5.09. The van der Waals surface area contributed by atoms with Crippen LogP contribution in [-0.2, 0) is 5.75 Å². The third-order valence-electron chi connectivity index (χ3n) is 3.87. The van der Waals surface area contributed by atoms with Crippen LogP contribution in [0, 0.1) is 0 Å². The molecule has 1 saturated carbocycles. The van der Waals surface area contributed by atoms with Crippen molar-refractivity contribution >= 4 is 11.8 Å². The summed E-state index contributed by atoms with van der Waals surface area (Å²) in [5, 5.41) is 9.76. The Labute approximate surface area is 144 Å². The maximum absolute atomic E-state index is 5.09. The Morgan fingerprint density at radius 1 is 1.21 bits per heavy atom. The number of hydrogen-bond acceptors (Lipinski definition) is 6. The van der Waals surface area contributed by atoms with Crippen LogP contribution in [0.1, 0.15) is 24.4 Å². The summed E-state index contributed by atoms with van der Waals surface area (Å²) in [7, 11) is 1.62. The average Bonchev–Trinajstić information content (AvgIpc) is 3.40. The smallest absolute Gasteiger partial charge is 0.212 e. The summed E-state index contributed by atoms with van der Waals surface area (Å²) in [6.45, 7) is 0. The second-order valence-corrected chi connectivity index (χ2v) is 6.59. The summed E-state index contributed by atoms with van der Waals surface area (Å²) in [5.74, 6) is 2.33. The van der Waals surface area contributed by atoms with E-state index in [9.17, 15) is 0 Å². The maximum Gasteiger partial charge on any atom is 0.212 e. The van der Waals surface area contributed by atoms with Crippen LogP contribution in [0.15, 0.2) is 48.0 Å². The van der Waals surface area contributed by atoms with Crippen LogP contribution in [-0.4, -0.2) is 31.8 Å². The van der Waals surface area contributed by atoms with Crippen molar-refractivity contribution in [1.82, 2.24) is 24.7 Å². The standard InChI is InChI=1S/C17H17N5OS/c1-23-15-7-4-12(9-19-15)11-24-17-21-20-16(22(17)14-5-6-14)13-3-2-8-18-10-13/h2-4,7-10,14H,5-6,11H2,1H3. The van der Waals surface area contributed by atoms with E-state index in [0.29, 0.717) is 11.9 Å². The van der Waals surface area contributed by atoms with Gasteiger partial charge in [-0.25, -0.2) is 4.98 Å². The summed E-state index contributed by atoms with van der Waals surface area (Å²) in [4.78, 5) is 8.44. The minimum Gasteiger partial charge on any atom is -0.481 e. The molecule has 3 aromatic rings. The molecule has 0 atom stereocenters. The topological polar surface area (TPSA) is 65.7 Å². The monoisotopic (exact) mass is 339 g/mol. The van der Waals surface area contributed by atoms with Crippen molar-refractivity contribution in [2.45, 2.75) is 29.8 Å². The summed E-state index contributed by atoms with van der Waals surface area (Å²) in [6, 6.07) is 8.36. The van der Waals surface area contributed by atoms with Crippen LogP contribution in [0.4, 0.5) is 0 Å². The number of rotatable bonds is 6. The van der Waals surface area contributed by atoms with Gasteiger partial charge in [-0.2, -0.15) is 0 Å². The molecule has 0 aromatic carbocycles. The summed E-state index contributed by atoms with van der Waals surface area (Å²) >= 11 is 1.69. The second kappa shape index (κ2) is 6.60. The number of thioether (sulfide) groups is 1. The van der Waals surface area contributed by atoms with E-state index in [2.05, 4.69) is 24.7 Å². The van der Waals surface area contributed by atoms with Gasteiger partial charge in [0.05, 0.1) is 7.11 Å². The summed E-state index contributed by atoms with van der Waals surface area (Å²) in [5.41, 5.74) is 2.14. The van der Waals surface area contributed by atoms with E-state index < -0.39 is 0 Å². The molecule has 1 aliphatic rings. The lowest BCUT2D eigenvalue weighted by atomic mass is 10.3. The van der Waals surface area contributed by atoms with Gasteiger partial charge >= 0.3 is 0 Å². The molecule has 1 fully saturated rings. The van der Waals surface area contributed by atoms with E-state index >= 15 is 0 Å². The molecule has 0 N–H and O–H groups in total. The second-order valence-electron chi connectivity index (χ2n) is 5.65. The molecule has 0 bridgehead atoms. The fourth-order valence-electron chi connectivity index (χ4n) is 2.49. The van der Waals surface area contributed by atoms with Crippen molar-refractivity contribution in [3.63, 3.8) is 0 Å². The zero-order chi connectivity index (χ0) is 16.4. The highest BCUT2D eigenvalue weighted by atomic mass is 32.2. The minimum absolute atomic E-state index is 0.506. The third-order valence-corrected chi connectivity index (χ3v) is 4.89. The Bertz CT molecular complexity index is 815. The van der Waals surface area contributed by atoms with Crippen LogP contribution in [0.25, 0.3) is 11.4 Å². The molecule has 0 aliphatic heterocycles. The first-order valence-corrected chi connectivity index (χ1v) is 8.81. The molecule has 0 radical (unpaired) electrons. The van der Waals surface area contributed by atoms with Gasteiger partial charge in [0.15, 0.2) is 11.0 Å². The van der Waals surface area contributed by atoms with E-state index in [1.165, 1.54) is 12.8 Å². The van der Waals surface area contributed by atoms with E-state index in [1.54, 1.807) is 25.1 Å². The predicted octanol–water partition coefficient (Wildman–Crippen LogP) is 3.37. The largest absolute Gasteiger partial charge is 0.481 e. The van der Waals surface area contributed by atoms with Gasteiger partial charge in [-0.3, -0.25) is 9.55 Å². The van der Waals surface area contributed by atoms with Crippen LogP contribution in [0.2, 0.25) is 0 Å². The molecule has 1 aliphatic carbocycles. The average molecular weight is 339 g/mol. The number of hydrogen-bond donors (Lipinski definition) is 0. The molecule has 122 valence electrons. The van der Waals surface area contributed by atoms with Gasteiger partial charge < -0.3 is 4.74 Å². The van der Waals surface area contributed by atoms with Crippen molar-refractivity contribution in [3.05, 3.63) is 48.4 Å². The lowest BCUT2D eigenvalue weighted by Crippen LogP contribution is -2.00. The van der Waals surface area contributed by atoms with Crippen molar-refractivity contribution in [2.24, 2.45) is 0 Å². The van der Waals surface area contributed by atoms with Crippen molar-refractivity contribution in [3.8, 4) is 17.3 Å². The molecule has 0 spiro atoms. The number of pyridine rings is 2. The highest BCUT2D eigenvalue weighted by Crippen LogP contribution is 2.41. The van der Waals surface area contributed by atoms with Crippen molar-refractivity contribution < 1.29 is 4.74 Å². The van der Waals surface area contributed by atoms with Gasteiger partial charge in [0.25, 0.3) is 0 Å². The Morgan fingerprint density at radius 2 is 2.12 bits per heavy atom. The normalized spacial score (nSPS) is 13.9. The fraction of sp³-hybridized carbons (Fsp3) is 0.294. The number of ether oxygens (including phenoxy) is 1. The zero-order valence-electron chi connectivity index (χ0n) is 13.3. The summed E-state index contributed by atoms with van der Waals surface area (Å²) in [6.07, 6.45) is 7.82. The quantitative estimate of drug-likeness (QED) is 0.642. The molecule has 0 amide bonds. The lowest BCUT2D eigenvalue weighted by Gasteiger charge is -2.08. The lowest BCUT2D eigenvalue weighted by molar-refractivity contribution is 0.397. The highest BCUT2D eigenvalue weighted by molar-refractivity contribution is 7.98. The first kappa shape index (κ1) is 15.1. The van der Waals surface area contributed by atoms with Gasteiger partial charge in [0.1, 0.15) is 0 Å². The van der Waals surface area contributed by atoms with Crippen LogP contribution >= 0.6 is 11.8 Å². The Balaban J connectivity index is 1.56. The van der Waals surface area contributed by atoms with E-state index in [0.717, 1.165) is 27.9 Å². The minimum atomic E-state index is 0.506. The molecule has 7 heteroatoms. The molecule has 4 rings (SSSR count). The molecule has 3 heterocycles. The Hall–Kier alpha value is -2.41. The first-order chi connectivity index (χ1) is 11.8. The highest BCUT2D eigenvalue weighted by Gasteiger charge is 2.30. The third kappa shape index (κ3) is 3.12. The molecule has 0 saturated heterocycles. The van der Waals surface area contributed by atoms with Crippen molar-refractivity contribution in [1.29, 1.82) is 0 Å². The predicted molar refractivity (Wildman–Crippen MR) is 91.9 cm³/mol. The molecule has 24 heavy (non-hydrogen) atoms.